The summed E-state index contributed by atoms with van der Waals surface area (Å²) in [6.07, 6.45) is -1.45. The van der Waals surface area contributed by atoms with E-state index in [-0.39, 0.29) is 11.3 Å². The molecule has 1 aromatic carbocycles. The lowest BCUT2D eigenvalue weighted by Gasteiger charge is -2.09. The molecule has 8 heteroatoms. The molecule has 0 amide bonds. The highest BCUT2D eigenvalue weighted by atomic mass is 32.1. The second-order valence-corrected chi connectivity index (χ2v) is 4.98. The molecule has 4 nitrogen and oxygen atoms in total. The number of rotatable bonds is 1. The summed E-state index contributed by atoms with van der Waals surface area (Å²) in [6.45, 7) is 0. The summed E-state index contributed by atoms with van der Waals surface area (Å²) in [4.78, 5) is 12.8. The van der Waals surface area contributed by atoms with Crippen LogP contribution in [0.4, 0.5) is 18.9 Å². The van der Waals surface area contributed by atoms with Crippen molar-refractivity contribution in [3.63, 3.8) is 0 Å². The normalized spacial score (nSPS) is 11.9. The zero-order valence-electron chi connectivity index (χ0n) is 9.85. The van der Waals surface area contributed by atoms with Crippen LogP contribution >= 0.6 is 11.3 Å². The van der Waals surface area contributed by atoms with Gasteiger partial charge in [0.1, 0.15) is 5.01 Å². The Labute approximate surface area is 115 Å². The molecule has 3 aromatic rings. The summed E-state index contributed by atoms with van der Waals surface area (Å²) in [5, 5.41) is 0.370. The number of nitrogens with two attached hydrogens (primary N) is 1. The maximum Gasteiger partial charge on any atom is 0.416 e. The minimum atomic E-state index is -4.42. The number of alkyl halides is 3. The Morgan fingerprint density at radius 1 is 1.10 bits per heavy atom. The van der Waals surface area contributed by atoms with Gasteiger partial charge in [-0.3, -0.25) is 0 Å². The minimum Gasteiger partial charge on any atom is -0.398 e. The number of aromatic nitrogens is 3. The van der Waals surface area contributed by atoms with Gasteiger partial charge in [0.15, 0.2) is 10.5 Å². The molecule has 0 fully saturated rings. The van der Waals surface area contributed by atoms with E-state index in [0.717, 1.165) is 23.5 Å². The van der Waals surface area contributed by atoms with E-state index in [1.54, 1.807) is 0 Å². The molecule has 0 aliphatic carbocycles. The molecule has 102 valence electrons. The Morgan fingerprint density at radius 2 is 1.85 bits per heavy atom. The number of hydrogen-bond donors (Lipinski definition) is 1. The molecule has 0 bridgehead atoms. The third-order valence-electron chi connectivity index (χ3n) is 2.66. The first-order chi connectivity index (χ1) is 9.45. The molecule has 2 aromatic heterocycles. The molecule has 2 heterocycles. The molecule has 0 unspecified atom stereocenters. The van der Waals surface area contributed by atoms with Crippen molar-refractivity contribution in [2.24, 2.45) is 0 Å². The fourth-order valence-corrected chi connectivity index (χ4v) is 2.62. The Hall–Kier alpha value is -2.22. The lowest BCUT2D eigenvalue weighted by atomic mass is 10.1. The molecular formula is C12H7F3N4S. The quantitative estimate of drug-likeness (QED) is 0.699. The highest BCUT2D eigenvalue weighted by molar-refractivity contribution is 7.21. The number of fused-ring (bicyclic) bond motifs is 1. The van der Waals surface area contributed by atoms with Crippen LogP contribution in [0.15, 0.2) is 30.6 Å². The van der Waals surface area contributed by atoms with Crippen LogP contribution in [0.5, 0.6) is 0 Å². The number of nitrogen functional groups attached to an aromatic ring is 1. The first-order valence-electron chi connectivity index (χ1n) is 5.50. The smallest absolute Gasteiger partial charge is 0.398 e. The molecule has 0 saturated heterocycles. The fraction of sp³-hybridized carbons (Fsp3) is 0.0833. The predicted molar refractivity (Wildman–Crippen MR) is 70.1 cm³/mol. The molecule has 2 N–H and O–H groups in total. The van der Waals surface area contributed by atoms with Crippen molar-refractivity contribution in [2.45, 2.75) is 6.18 Å². The topological polar surface area (TPSA) is 64.7 Å². The SMILES string of the molecule is Nc1ccc(C(F)(F)F)cc1-c1nc2nccnc2s1. The monoisotopic (exact) mass is 296 g/mol. The number of nitrogens with zero attached hydrogens (tertiary/aromatic N) is 3. The zero-order chi connectivity index (χ0) is 14.3. The number of benzene rings is 1. The number of halogens is 3. The van der Waals surface area contributed by atoms with E-state index in [1.165, 1.54) is 18.5 Å². The summed E-state index contributed by atoms with van der Waals surface area (Å²) in [6, 6.07) is 3.17. The Bertz CT molecular complexity index is 749. The average Bonchev–Trinajstić information content (AvgIpc) is 2.81. The van der Waals surface area contributed by atoms with Crippen molar-refractivity contribution >= 4 is 27.5 Å². The summed E-state index contributed by atoms with van der Waals surface area (Å²) < 4.78 is 38.2. The molecule has 0 aliphatic rings. The third kappa shape index (κ3) is 2.18. The summed E-state index contributed by atoms with van der Waals surface area (Å²) in [5.74, 6) is 0. The van der Waals surface area contributed by atoms with Gasteiger partial charge in [-0.1, -0.05) is 11.3 Å². The molecule has 20 heavy (non-hydrogen) atoms. The van der Waals surface area contributed by atoms with E-state index < -0.39 is 11.7 Å². The Balaban J connectivity index is 2.17. The van der Waals surface area contributed by atoms with Crippen LogP contribution in [0.25, 0.3) is 21.0 Å². The van der Waals surface area contributed by atoms with Crippen molar-refractivity contribution < 1.29 is 13.2 Å². The van der Waals surface area contributed by atoms with Crippen molar-refractivity contribution in [3.8, 4) is 10.6 Å². The van der Waals surface area contributed by atoms with E-state index in [1.807, 2.05) is 0 Å². The van der Waals surface area contributed by atoms with Crippen LogP contribution in [-0.4, -0.2) is 15.0 Å². The first kappa shape index (κ1) is 12.8. The van der Waals surface area contributed by atoms with Crippen LogP contribution in [0.2, 0.25) is 0 Å². The molecular weight excluding hydrogens is 289 g/mol. The van der Waals surface area contributed by atoms with E-state index in [9.17, 15) is 13.2 Å². The van der Waals surface area contributed by atoms with Gasteiger partial charge >= 0.3 is 6.18 Å². The van der Waals surface area contributed by atoms with Crippen LogP contribution < -0.4 is 5.73 Å². The van der Waals surface area contributed by atoms with E-state index >= 15 is 0 Å². The predicted octanol–water partition coefficient (Wildman–Crippen LogP) is 3.35. The van der Waals surface area contributed by atoms with Gasteiger partial charge < -0.3 is 5.73 Å². The summed E-state index contributed by atoms with van der Waals surface area (Å²) in [5.41, 5.74) is 5.85. The third-order valence-corrected chi connectivity index (χ3v) is 3.64. The Morgan fingerprint density at radius 3 is 2.55 bits per heavy atom. The maximum absolute atomic E-state index is 12.7. The number of hydrogen-bond acceptors (Lipinski definition) is 5. The van der Waals surface area contributed by atoms with E-state index in [0.29, 0.717) is 15.5 Å². The Kier molecular flexibility index (Phi) is 2.82. The lowest BCUT2D eigenvalue weighted by Crippen LogP contribution is -2.05. The van der Waals surface area contributed by atoms with Gasteiger partial charge in [0.2, 0.25) is 0 Å². The van der Waals surface area contributed by atoms with E-state index in [2.05, 4.69) is 15.0 Å². The van der Waals surface area contributed by atoms with Crippen LogP contribution in [-0.2, 0) is 6.18 Å². The minimum absolute atomic E-state index is 0.233. The molecule has 0 atom stereocenters. The largest absolute Gasteiger partial charge is 0.416 e. The van der Waals surface area contributed by atoms with Crippen LogP contribution in [0, 0.1) is 0 Å². The maximum atomic E-state index is 12.7. The number of anilines is 1. The molecule has 0 spiro atoms. The highest BCUT2D eigenvalue weighted by Gasteiger charge is 2.31. The van der Waals surface area contributed by atoms with Crippen LogP contribution in [0.3, 0.4) is 0 Å². The van der Waals surface area contributed by atoms with Crippen molar-refractivity contribution in [3.05, 3.63) is 36.2 Å². The second kappa shape index (κ2) is 4.41. The van der Waals surface area contributed by atoms with Gasteiger partial charge in [0.25, 0.3) is 0 Å². The second-order valence-electron chi connectivity index (χ2n) is 4.00. The van der Waals surface area contributed by atoms with Gasteiger partial charge in [0, 0.05) is 23.6 Å². The number of thiazole rings is 1. The zero-order valence-corrected chi connectivity index (χ0v) is 10.7. The van der Waals surface area contributed by atoms with Crippen molar-refractivity contribution in [2.75, 3.05) is 5.73 Å². The van der Waals surface area contributed by atoms with Gasteiger partial charge in [-0.25, -0.2) is 15.0 Å². The van der Waals surface area contributed by atoms with Gasteiger partial charge in [-0.15, -0.1) is 0 Å². The van der Waals surface area contributed by atoms with E-state index in [4.69, 9.17) is 5.73 Å². The molecule has 0 saturated carbocycles. The average molecular weight is 296 g/mol. The van der Waals surface area contributed by atoms with Crippen molar-refractivity contribution in [1.29, 1.82) is 0 Å². The first-order valence-corrected chi connectivity index (χ1v) is 6.31. The molecule has 0 radical (unpaired) electrons. The van der Waals surface area contributed by atoms with Crippen LogP contribution in [0.1, 0.15) is 5.56 Å². The fourth-order valence-electron chi connectivity index (χ4n) is 1.71. The van der Waals surface area contributed by atoms with Crippen molar-refractivity contribution in [1.82, 2.24) is 15.0 Å². The summed E-state index contributed by atoms with van der Waals surface area (Å²) in [7, 11) is 0. The van der Waals surface area contributed by atoms with Gasteiger partial charge in [-0.2, -0.15) is 13.2 Å². The molecule has 0 aliphatic heterocycles. The molecule has 3 rings (SSSR count). The highest BCUT2D eigenvalue weighted by Crippen LogP contribution is 2.37. The standard InChI is InChI=1S/C12H7F3N4S/c13-12(14,15)6-1-2-8(16)7(5-6)10-19-9-11(20-10)18-4-3-17-9/h1-5H,16H2. The van der Waals surface area contributed by atoms with Gasteiger partial charge in [0.05, 0.1) is 5.56 Å². The summed E-state index contributed by atoms with van der Waals surface area (Å²) >= 11 is 1.15. The lowest BCUT2D eigenvalue weighted by molar-refractivity contribution is -0.137. The van der Waals surface area contributed by atoms with Gasteiger partial charge in [-0.05, 0) is 18.2 Å².